The fourth-order valence-electron chi connectivity index (χ4n) is 3.82. The van der Waals surface area contributed by atoms with Crippen molar-refractivity contribution in [2.24, 2.45) is 5.41 Å². The summed E-state index contributed by atoms with van der Waals surface area (Å²) in [4.78, 5) is 34.0. The highest BCUT2D eigenvalue weighted by atomic mass is 16.3. The Kier molecular flexibility index (Phi) is 4.01. The molecule has 0 unspecified atom stereocenters. The lowest BCUT2D eigenvalue weighted by atomic mass is 9.69. The van der Waals surface area contributed by atoms with Crippen LogP contribution in [0.15, 0.2) is 17.2 Å². The molecule has 2 saturated heterocycles. The molecule has 0 bridgehead atoms. The second kappa shape index (κ2) is 5.81. The smallest absolute Gasteiger partial charge is 0.274 e. The Hall–Kier alpha value is -1.73. The summed E-state index contributed by atoms with van der Waals surface area (Å²) < 4.78 is 0. The zero-order valence-corrected chi connectivity index (χ0v) is 12.8. The highest BCUT2D eigenvalue weighted by Gasteiger charge is 2.47. The molecule has 0 saturated carbocycles. The second-order valence-electron chi connectivity index (χ2n) is 6.42. The number of aromatic nitrogens is 2. The van der Waals surface area contributed by atoms with Gasteiger partial charge in [0.2, 0.25) is 0 Å². The van der Waals surface area contributed by atoms with E-state index >= 15 is 0 Å². The number of hydrogen-bond acceptors (Lipinski definition) is 5. The van der Waals surface area contributed by atoms with Gasteiger partial charge >= 0.3 is 0 Å². The van der Waals surface area contributed by atoms with Crippen LogP contribution >= 0.6 is 0 Å². The van der Waals surface area contributed by atoms with Crippen LogP contribution in [-0.4, -0.2) is 70.1 Å². The SMILES string of the molecule is CN1CCC[C@]2(CO)CCN(C(=O)c3c[nH]c(=O)cn3)C[C@@H]12. The number of carbonyl (C=O) groups is 1. The van der Waals surface area contributed by atoms with E-state index in [0.717, 1.165) is 32.0 Å². The molecule has 2 aliphatic heterocycles. The fraction of sp³-hybridized carbons (Fsp3) is 0.667. The minimum atomic E-state index is -0.318. The maximum atomic E-state index is 12.5. The molecule has 1 aromatic heterocycles. The van der Waals surface area contributed by atoms with Crippen molar-refractivity contribution in [2.75, 3.05) is 33.3 Å². The number of carbonyl (C=O) groups excluding carboxylic acids is 1. The van der Waals surface area contributed by atoms with E-state index in [-0.39, 0.29) is 35.2 Å². The molecule has 22 heavy (non-hydrogen) atoms. The molecule has 2 aliphatic rings. The number of aliphatic hydroxyl groups excluding tert-OH is 1. The van der Waals surface area contributed by atoms with E-state index in [1.807, 2.05) is 0 Å². The number of H-pyrrole nitrogens is 1. The van der Waals surface area contributed by atoms with Crippen LogP contribution in [0.2, 0.25) is 0 Å². The minimum absolute atomic E-state index is 0.0950. The Morgan fingerprint density at radius 1 is 1.50 bits per heavy atom. The van der Waals surface area contributed by atoms with E-state index in [1.165, 1.54) is 6.20 Å². The van der Waals surface area contributed by atoms with Crippen LogP contribution in [0.1, 0.15) is 29.8 Å². The van der Waals surface area contributed by atoms with Crippen molar-refractivity contribution in [2.45, 2.75) is 25.3 Å². The Bertz CT molecular complexity index is 597. The van der Waals surface area contributed by atoms with Gasteiger partial charge in [-0.1, -0.05) is 0 Å². The summed E-state index contributed by atoms with van der Waals surface area (Å²) in [7, 11) is 2.06. The summed E-state index contributed by atoms with van der Waals surface area (Å²) in [5, 5.41) is 9.88. The Morgan fingerprint density at radius 3 is 3.00 bits per heavy atom. The lowest BCUT2D eigenvalue weighted by Crippen LogP contribution is -2.62. The number of hydrogen-bond donors (Lipinski definition) is 2. The molecule has 0 radical (unpaired) electrons. The van der Waals surface area contributed by atoms with Crippen molar-refractivity contribution >= 4 is 5.91 Å². The van der Waals surface area contributed by atoms with Gasteiger partial charge in [-0.05, 0) is 32.9 Å². The van der Waals surface area contributed by atoms with Crippen molar-refractivity contribution in [3.63, 3.8) is 0 Å². The number of amides is 1. The Balaban J connectivity index is 1.79. The molecule has 7 nitrogen and oxygen atoms in total. The molecule has 1 aromatic rings. The average Bonchev–Trinajstić information content (AvgIpc) is 2.55. The predicted octanol–water partition coefficient (Wildman–Crippen LogP) is -0.311. The zero-order valence-electron chi connectivity index (χ0n) is 12.8. The maximum absolute atomic E-state index is 12.5. The van der Waals surface area contributed by atoms with E-state index < -0.39 is 0 Å². The van der Waals surface area contributed by atoms with Gasteiger partial charge < -0.3 is 19.9 Å². The summed E-state index contributed by atoms with van der Waals surface area (Å²) in [6.07, 6.45) is 5.39. The average molecular weight is 306 g/mol. The van der Waals surface area contributed by atoms with Gasteiger partial charge in [-0.25, -0.2) is 4.98 Å². The summed E-state index contributed by atoms with van der Waals surface area (Å²) in [6.45, 7) is 2.37. The molecule has 3 heterocycles. The molecular formula is C15H22N4O3. The molecule has 2 atom stereocenters. The van der Waals surface area contributed by atoms with Crippen LogP contribution in [0.5, 0.6) is 0 Å². The van der Waals surface area contributed by atoms with E-state index in [0.29, 0.717) is 13.1 Å². The summed E-state index contributed by atoms with van der Waals surface area (Å²) in [6, 6.07) is 0.173. The number of nitrogens with zero attached hydrogens (tertiary/aromatic N) is 3. The van der Waals surface area contributed by atoms with Crippen molar-refractivity contribution < 1.29 is 9.90 Å². The topological polar surface area (TPSA) is 89.5 Å². The number of likely N-dealkylation sites (N-methyl/N-ethyl adjacent to an activating group) is 1. The number of nitrogens with one attached hydrogen (secondary N) is 1. The standard InChI is InChI=1S/C15H22N4O3/c1-18-5-2-3-15(10-20)4-6-19(9-12(15)18)14(22)11-7-17-13(21)8-16-11/h7-8,12,20H,2-6,9-10H2,1H3,(H,17,21)/t12-,15-/m1/s1. The third kappa shape index (κ3) is 2.55. The molecular weight excluding hydrogens is 284 g/mol. The van der Waals surface area contributed by atoms with Crippen LogP contribution in [0, 0.1) is 5.41 Å². The molecule has 0 aliphatic carbocycles. The number of aromatic amines is 1. The largest absolute Gasteiger partial charge is 0.396 e. The van der Waals surface area contributed by atoms with E-state index in [2.05, 4.69) is 21.9 Å². The third-order valence-electron chi connectivity index (χ3n) is 5.19. The van der Waals surface area contributed by atoms with Crippen molar-refractivity contribution in [3.05, 3.63) is 28.4 Å². The van der Waals surface area contributed by atoms with Crippen LogP contribution in [0.4, 0.5) is 0 Å². The first-order valence-corrected chi connectivity index (χ1v) is 7.71. The highest BCUT2D eigenvalue weighted by Crippen LogP contribution is 2.41. The molecule has 2 N–H and O–H groups in total. The summed E-state index contributed by atoms with van der Waals surface area (Å²) in [5.41, 5.74) is -0.154. The number of rotatable bonds is 2. The van der Waals surface area contributed by atoms with E-state index in [4.69, 9.17) is 0 Å². The normalized spacial score (nSPS) is 29.2. The molecule has 7 heteroatoms. The van der Waals surface area contributed by atoms with Crippen LogP contribution in [0.25, 0.3) is 0 Å². The van der Waals surface area contributed by atoms with Gasteiger partial charge in [0.25, 0.3) is 11.5 Å². The number of likely N-dealkylation sites (tertiary alicyclic amines) is 2. The first-order valence-electron chi connectivity index (χ1n) is 7.71. The monoisotopic (exact) mass is 306 g/mol. The molecule has 2 fully saturated rings. The van der Waals surface area contributed by atoms with Gasteiger partial charge in [-0.2, -0.15) is 0 Å². The van der Waals surface area contributed by atoms with Crippen LogP contribution < -0.4 is 5.56 Å². The van der Waals surface area contributed by atoms with Crippen LogP contribution in [0.3, 0.4) is 0 Å². The van der Waals surface area contributed by atoms with Gasteiger partial charge in [0, 0.05) is 30.7 Å². The van der Waals surface area contributed by atoms with Gasteiger partial charge in [0.15, 0.2) is 0 Å². The Morgan fingerprint density at radius 2 is 2.32 bits per heavy atom. The van der Waals surface area contributed by atoms with Crippen molar-refractivity contribution in [1.29, 1.82) is 0 Å². The lowest BCUT2D eigenvalue weighted by Gasteiger charge is -2.53. The molecule has 3 rings (SSSR count). The molecule has 1 amide bonds. The predicted molar refractivity (Wildman–Crippen MR) is 80.5 cm³/mol. The first kappa shape index (κ1) is 15.2. The van der Waals surface area contributed by atoms with Gasteiger partial charge in [0.05, 0.1) is 12.8 Å². The Labute approximate surface area is 129 Å². The molecule has 120 valence electrons. The van der Waals surface area contributed by atoms with Crippen molar-refractivity contribution in [1.82, 2.24) is 19.8 Å². The highest BCUT2D eigenvalue weighted by molar-refractivity contribution is 5.92. The quantitative estimate of drug-likeness (QED) is 0.782. The van der Waals surface area contributed by atoms with Gasteiger partial charge in [-0.3, -0.25) is 9.59 Å². The summed E-state index contributed by atoms with van der Waals surface area (Å²) >= 11 is 0. The minimum Gasteiger partial charge on any atom is -0.396 e. The fourth-order valence-corrected chi connectivity index (χ4v) is 3.82. The number of piperidine rings is 2. The zero-order chi connectivity index (χ0) is 15.7. The number of fused-ring (bicyclic) bond motifs is 1. The van der Waals surface area contributed by atoms with E-state index in [1.54, 1.807) is 4.90 Å². The summed E-state index contributed by atoms with van der Waals surface area (Å²) in [5.74, 6) is -0.165. The third-order valence-corrected chi connectivity index (χ3v) is 5.19. The first-order chi connectivity index (χ1) is 10.6. The van der Waals surface area contributed by atoms with E-state index in [9.17, 15) is 14.7 Å². The van der Waals surface area contributed by atoms with Gasteiger partial charge in [-0.15, -0.1) is 0 Å². The van der Waals surface area contributed by atoms with Crippen LogP contribution in [-0.2, 0) is 0 Å². The maximum Gasteiger partial charge on any atom is 0.274 e. The lowest BCUT2D eigenvalue weighted by molar-refractivity contribution is -0.0602. The number of aliphatic hydroxyl groups is 1. The molecule has 0 spiro atoms. The van der Waals surface area contributed by atoms with Gasteiger partial charge in [0.1, 0.15) is 5.69 Å². The van der Waals surface area contributed by atoms with Crippen molar-refractivity contribution in [3.8, 4) is 0 Å². The molecule has 0 aromatic carbocycles. The second-order valence-corrected chi connectivity index (χ2v) is 6.42.